The highest BCUT2D eigenvalue weighted by Gasteiger charge is 2.06. The minimum Gasteiger partial charge on any atom is -0.334 e. The fourth-order valence-electron chi connectivity index (χ4n) is 3.15. The molecule has 0 aromatic carbocycles. The van der Waals surface area contributed by atoms with Gasteiger partial charge < -0.3 is 5.32 Å². The van der Waals surface area contributed by atoms with Crippen LogP contribution in [-0.2, 0) is 13.0 Å². The normalized spacial score (nSPS) is 10.7. The third-order valence-corrected chi connectivity index (χ3v) is 4.77. The van der Waals surface area contributed by atoms with Crippen molar-refractivity contribution in [1.29, 1.82) is 0 Å². The molecule has 3 N–H and O–H groups in total. The van der Waals surface area contributed by atoms with Crippen LogP contribution in [0.5, 0.6) is 0 Å². The minimum atomic E-state index is -0.412. The fourth-order valence-corrected chi connectivity index (χ4v) is 3.15. The Bertz CT molecular complexity index is 776. The largest absolute Gasteiger partial charge is 0.334 e. The Morgan fingerprint density at radius 2 is 1.66 bits per heavy atom. The molecular weight excluding hydrogens is 366 g/mol. The lowest BCUT2D eigenvalue weighted by molar-refractivity contribution is 0.251. The number of rotatable bonds is 13. The second-order valence-electron chi connectivity index (χ2n) is 7.33. The zero-order valence-electron chi connectivity index (χ0n) is 17.4. The van der Waals surface area contributed by atoms with Crippen LogP contribution in [0.4, 0.5) is 10.7 Å². The summed E-state index contributed by atoms with van der Waals surface area (Å²) < 4.78 is 0. The van der Waals surface area contributed by atoms with Gasteiger partial charge in [0.25, 0.3) is 5.56 Å². The van der Waals surface area contributed by atoms with Crippen LogP contribution >= 0.6 is 0 Å². The van der Waals surface area contributed by atoms with Crippen LogP contribution in [0.15, 0.2) is 35.4 Å². The Balaban J connectivity index is 1.69. The molecule has 2 aromatic heterocycles. The molecule has 0 saturated carbocycles. The van der Waals surface area contributed by atoms with Crippen molar-refractivity contribution in [2.24, 2.45) is 0 Å². The molecule has 29 heavy (non-hydrogen) atoms. The van der Waals surface area contributed by atoms with Crippen molar-refractivity contribution in [1.82, 2.24) is 20.3 Å². The van der Waals surface area contributed by atoms with E-state index in [1.807, 2.05) is 12.1 Å². The first kappa shape index (κ1) is 22.6. The summed E-state index contributed by atoms with van der Waals surface area (Å²) in [5.41, 5.74) is 1.40. The van der Waals surface area contributed by atoms with Gasteiger partial charge in [-0.1, -0.05) is 58.3 Å². The summed E-state index contributed by atoms with van der Waals surface area (Å²) in [4.78, 5) is 34.8. The van der Waals surface area contributed by atoms with Gasteiger partial charge in [-0.3, -0.25) is 20.1 Å². The number of unbranched alkanes of at least 4 members (excludes halogenated alkanes) is 8. The van der Waals surface area contributed by atoms with Gasteiger partial charge in [-0.25, -0.2) is 9.78 Å². The van der Waals surface area contributed by atoms with Crippen molar-refractivity contribution < 1.29 is 4.79 Å². The summed E-state index contributed by atoms with van der Waals surface area (Å²) in [5.74, 6) is 0.177. The number of aromatic nitrogens is 3. The van der Waals surface area contributed by atoms with Crippen molar-refractivity contribution in [2.45, 2.75) is 77.7 Å². The number of urea groups is 1. The quantitative estimate of drug-likeness (QED) is 0.430. The Morgan fingerprint density at radius 1 is 1.00 bits per heavy atom. The van der Waals surface area contributed by atoms with Crippen molar-refractivity contribution in [3.63, 3.8) is 0 Å². The van der Waals surface area contributed by atoms with Gasteiger partial charge in [0.15, 0.2) is 0 Å². The van der Waals surface area contributed by atoms with Crippen LogP contribution in [0.3, 0.4) is 0 Å². The molecule has 0 aliphatic rings. The van der Waals surface area contributed by atoms with Crippen molar-refractivity contribution in [3.8, 4) is 0 Å². The topological polar surface area (TPSA) is 99.8 Å². The molecule has 2 rings (SSSR count). The first-order valence-electron chi connectivity index (χ1n) is 10.7. The molecule has 0 unspecified atom stereocenters. The van der Waals surface area contributed by atoms with E-state index in [4.69, 9.17) is 0 Å². The number of pyridine rings is 1. The predicted molar refractivity (Wildman–Crippen MR) is 116 cm³/mol. The Hall–Kier alpha value is -2.70. The zero-order chi connectivity index (χ0) is 20.7. The maximum atomic E-state index is 12.0. The molecule has 2 amide bonds. The average molecular weight is 400 g/mol. The number of H-pyrrole nitrogens is 1. The van der Waals surface area contributed by atoms with Crippen LogP contribution in [0.2, 0.25) is 0 Å². The highest BCUT2D eigenvalue weighted by Crippen LogP contribution is 2.11. The minimum absolute atomic E-state index is 0.177. The Kier molecular flexibility index (Phi) is 10.5. The van der Waals surface area contributed by atoms with E-state index in [-0.39, 0.29) is 11.5 Å². The summed E-state index contributed by atoms with van der Waals surface area (Å²) >= 11 is 0. The molecular formula is C22H33N5O2. The van der Waals surface area contributed by atoms with Gasteiger partial charge in [-0.2, -0.15) is 0 Å². The molecule has 2 heterocycles. The van der Waals surface area contributed by atoms with E-state index in [2.05, 4.69) is 32.5 Å². The van der Waals surface area contributed by atoms with Crippen LogP contribution in [0, 0.1) is 0 Å². The van der Waals surface area contributed by atoms with Gasteiger partial charge in [-0.15, -0.1) is 0 Å². The Morgan fingerprint density at radius 3 is 2.34 bits per heavy atom. The number of nitrogens with one attached hydrogen (secondary N) is 3. The van der Waals surface area contributed by atoms with Gasteiger partial charge in [0.05, 0.1) is 0 Å². The number of nitrogens with zero attached hydrogens (tertiary/aromatic N) is 2. The zero-order valence-corrected chi connectivity index (χ0v) is 17.4. The Labute approximate surface area is 172 Å². The molecule has 0 bridgehead atoms. The van der Waals surface area contributed by atoms with E-state index in [1.54, 1.807) is 12.4 Å². The third kappa shape index (κ3) is 9.87. The van der Waals surface area contributed by atoms with Gasteiger partial charge in [0, 0.05) is 30.7 Å². The number of hydrogen-bond donors (Lipinski definition) is 3. The van der Waals surface area contributed by atoms with E-state index in [1.165, 1.54) is 51.0 Å². The van der Waals surface area contributed by atoms with Crippen molar-refractivity contribution >= 4 is 12.0 Å². The first-order valence-corrected chi connectivity index (χ1v) is 10.7. The molecule has 0 aliphatic heterocycles. The van der Waals surface area contributed by atoms with Crippen LogP contribution in [0.1, 0.15) is 76.0 Å². The van der Waals surface area contributed by atoms with E-state index in [9.17, 15) is 9.59 Å². The van der Waals surface area contributed by atoms with Crippen LogP contribution in [0.25, 0.3) is 0 Å². The van der Waals surface area contributed by atoms with Gasteiger partial charge in [-0.05, 0) is 30.5 Å². The standard InChI is InChI=1S/C22H33N5O2/c1-2-3-4-5-6-7-8-9-10-11-19-16-20(28)26-21(25-19)27-22(29)24-17-18-12-14-23-15-13-18/h12-16H,2-11,17H2,1H3,(H3,24,25,26,27,28,29). The second-order valence-corrected chi connectivity index (χ2v) is 7.33. The van der Waals surface area contributed by atoms with Crippen molar-refractivity contribution in [3.05, 3.63) is 52.2 Å². The monoisotopic (exact) mass is 399 g/mol. The SMILES string of the molecule is CCCCCCCCCCCc1cc(=O)[nH]c(NC(=O)NCc2ccncc2)n1. The number of aryl methyl sites for hydroxylation is 1. The summed E-state index contributed by atoms with van der Waals surface area (Å²) in [7, 11) is 0. The molecule has 7 nitrogen and oxygen atoms in total. The number of anilines is 1. The molecule has 0 atom stereocenters. The van der Waals surface area contributed by atoms with Crippen LogP contribution < -0.4 is 16.2 Å². The van der Waals surface area contributed by atoms with Gasteiger partial charge in [0.2, 0.25) is 5.95 Å². The fraction of sp³-hybridized carbons (Fsp3) is 0.545. The molecule has 158 valence electrons. The molecule has 0 fully saturated rings. The maximum Gasteiger partial charge on any atom is 0.321 e. The molecule has 2 aromatic rings. The molecule has 7 heteroatoms. The summed E-state index contributed by atoms with van der Waals surface area (Å²) in [6.07, 6.45) is 15.3. The summed E-state index contributed by atoms with van der Waals surface area (Å²) in [5, 5.41) is 5.33. The smallest absolute Gasteiger partial charge is 0.321 e. The number of hydrogen-bond acceptors (Lipinski definition) is 4. The van der Waals surface area contributed by atoms with Gasteiger partial charge >= 0.3 is 6.03 Å². The highest BCUT2D eigenvalue weighted by molar-refractivity contribution is 5.87. The highest BCUT2D eigenvalue weighted by atomic mass is 16.2. The van der Waals surface area contributed by atoms with E-state index < -0.39 is 6.03 Å². The number of carbonyl (C=O) groups is 1. The molecule has 0 radical (unpaired) electrons. The van der Waals surface area contributed by atoms with Gasteiger partial charge in [0.1, 0.15) is 0 Å². The first-order chi connectivity index (χ1) is 14.2. The lowest BCUT2D eigenvalue weighted by Crippen LogP contribution is -2.30. The van der Waals surface area contributed by atoms with E-state index >= 15 is 0 Å². The predicted octanol–water partition coefficient (Wildman–Crippen LogP) is 4.56. The lowest BCUT2D eigenvalue weighted by Gasteiger charge is -2.08. The summed E-state index contributed by atoms with van der Waals surface area (Å²) in [6.45, 7) is 2.61. The summed E-state index contributed by atoms with van der Waals surface area (Å²) in [6, 6.07) is 4.74. The third-order valence-electron chi connectivity index (χ3n) is 4.77. The average Bonchev–Trinajstić information content (AvgIpc) is 2.71. The molecule has 0 aliphatic carbocycles. The second kappa shape index (κ2) is 13.5. The molecule has 0 saturated heterocycles. The molecule has 0 spiro atoms. The van der Waals surface area contributed by atoms with E-state index in [0.29, 0.717) is 12.2 Å². The van der Waals surface area contributed by atoms with Crippen molar-refractivity contribution in [2.75, 3.05) is 5.32 Å². The van der Waals surface area contributed by atoms with Crippen LogP contribution in [-0.4, -0.2) is 21.0 Å². The van der Waals surface area contributed by atoms with E-state index in [0.717, 1.165) is 24.8 Å². The number of aromatic amines is 1. The number of amides is 2. The maximum absolute atomic E-state index is 12.0. The lowest BCUT2D eigenvalue weighted by atomic mass is 10.1. The number of carbonyl (C=O) groups excluding carboxylic acids is 1.